The maximum absolute atomic E-state index is 6.22. The van der Waals surface area contributed by atoms with Gasteiger partial charge in [0.2, 0.25) is 6.79 Å². The zero-order chi connectivity index (χ0) is 11.7. The smallest absolute Gasteiger partial charge is 0.231 e. The van der Waals surface area contributed by atoms with Crippen molar-refractivity contribution in [1.82, 2.24) is 0 Å². The van der Waals surface area contributed by atoms with Gasteiger partial charge in [0.1, 0.15) is 0 Å². The van der Waals surface area contributed by atoms with E-state index in [1.165, 1.54) is 0 Å². The third-order valence-corrected chi connectivity index (χ3v) is 3.79. The van der Waals surface area contributed by atoms with Crippen molar-refractivity contribution >= 4 is 15.9 Å². The third-order valence-electron chi connectivity index (χ3n) is 3.11. The fourth-order valence-corrected chi connectivity index (χ4v) is 2.34. The third kappa shape index (κ3) is 2.04. The number of nitrogens with two attached hydrogens (primary N) is 1. The highest BCUT2D eigenvalue weighted by atomic mass is 79.9. The molecule has 1 heterocycles. The first kappa shape index (κ1) is 11.7. The fourth-order valence-electron chi connectivity index (χ4n) is 1.75. The summed E-state index contributed by atoms with van der Waals surface area (Å²) >= 11 is 3.53. The first-order chi connectivity index (χ1) is 7.63. The molecule has 1 unspecified atom stereocenters. The van der Waals surface area contributed by atoms with Gasteiger partial charge in [0, 0.05) is 10.5 Å². The molecule has 1 aliphatic rings. The molecule has 0 fully saturated rings. The van der Waals surface area contributed by atoms with Gasteiger partial charge in [0.15, 0.2) is 11.5 Å². The minimum atomic E-state index is 0.0221. The van der Waals surface area contributed by atoms with Crippen LogP contribution in [0.5, 0.6) is 11.5 Å². The number of hydrogen-bond acceptors (Lipinski definition) is 3. The summed E-state index contributed by atoms with van der Waals surface area (Å²) < 4.78 is 11.7. The van der Waals surface area contributed by atoms with Gasteiger partial charge in [-0.05, 0) is 23.6 Å². The second-order valence-electron chi connectivity index (χ2n) is 4.14. The van der Waals surface area contributed by atoms with Crippen LogP contribution in [-0.4, -0.2) is 6.79 Å². The summed E-state index contributed by atoms with van der Waals surface area (Å²) in [6.07, 6.45) is 1.06. The van der Waals surface area contributed by atoms with Gasteiger partial charge in [-0.1, -0.05) is 36.2 Å². The maximum atomic E-state index is 6.22. The monoisotopic (exact) mass is 285 g/mol. The van der Waals surface area contributed by atoms with Gasteiger partial charge in [0.25, 0.3) is 0 Å². The van der Waals surface area contributed by atoms with Crippen LogP contribution in [0.25, 0.3) is 0 Å². The lowest BCUT2D eigenvalue weighted by Gasteiger charge is -2.20. The van der Waals surface area contributed by atoms with Crippen molar-refractivity contribution in [3.05, 3.63) is 22.2 Å². The van der Waals surface area contributed by atoms with E-state index in [0.29, 0.717) is 12.7 Å². The Morgan fingerprint density at radius 1 is 1.38 bits per heavy atom. The molecule has 1 aromatic rings. The number of rotatable bonds is 3. The van der Waals surface area contributed by atoms with Crippen LogP contribution in [0.15, 0.2) is 16.6 Å². The van der Waals surface area contributed by atoms with Crippen LogP contribution in [-0.2, 0) is 0 Å². The molecular formula is C12H16BrNO2. The predicted octanol–water partition coefficient (Wildman–Crippen LogP) is 3.22. The highest BCUT2D eigenvalue weighted by molar-refractivity contribution is 9.10. The zero-order valence-electron chi connectivity index (χ0n) is 9.50. The maximum Gasteiger partial charge on any atom is 0.231 e. The van der Waals surface area contributed by atoms with E-state index in [0.717, 1.165) is 28.0 Å². The van der Waals surface area contributed by atoms with Gasteiger partial charge in [-0.15, -0.1) is 0 Å². The summed E-state index contributed by atoms with van der Waals surface area (Å²) in [7, 11) is 0. The number of benzene rings is 1. The lowest BCUT2D eigenvalue weighted by Crippen LogP contribution is -2.18. The number of ether oxygens (including phenoxy) is 2. The van der Waals surface area contributed by atoms with Gasteiger partial charge in [-0.2, -0.15) is 0 Å². The number of fused-ring (bicyclic) bond motifs is 1. The number of halogens is 1. The minimum Gasteiger partial charge on any atom is -0.454 e. The lowest BCUT2D eigenvalue weighted by molar-refractivity contribution is 0.174. The molecule has 2 N–H and O–H groups in total. The molecular weight excluding hydrogens is 270 g/mol. The lowest BCUT2D eigenvalue weighted by atomic mass is 9.93. The molecule has 0 radical (unpaired) electrons. The van der Waals surface area contributed by atoms with E-state index in [1.54, 1.807) is 0 Å². The second kappa shape index (κ2) is 4.63. The highest BCUT2D eigenvalue weighted by Gasteiger charge is 2.21. The first-order valence-corrected chi connectivity index (χ1v) is 6.27. The standard InChI is InChI=1S/C12H16BrNO2/c1-3-7(2)12(14)8-4-10-11(5-9(8)13)16-6-15-10/h4-5,7,12H,3,6,14H2,1-2H3/t7?,12-/m1/s1. The van der Waals surface area contributed by atoms with E-state index in [9.17, 15) is 0 Å². The molecule has 0 saturated heterocycles. The van der Waals surface area contributed by atoms with Gasteiger partial charge in [0.05, 0.1) is 0 Å². The Labute approximate surface area is 104 Å². The van der Waals surface area contributed by atoms with Gasteiger partial charge in [-0.3, -0.25) is 0 Å². The Bertz CT molecular complexity index is 395. The minimum absolute atomic E-state index is 0.0221. The Kier molecular flexibility index (Phi) is 3.40. The summed E-state index contributed by atoms with van der Waals surface area (Å²) in [5.74, 6) is 2.01. The quantitative estimate of drug-likeness (QED) is 0.927. The molecule has 88 valence electrons. The van der Waals surface area contributed by atoms with Crippen LogP contribution in [0, 0.1) is 5.92 Å². The Morgan fingerprint density at radius 2 is 2.00 bits per heavy atom. The molecule has 0 saturated carbocycles. The van der Waals surface area contributed by atoms with Crippen LogP contribution in [0.4, 0.5) is 0 Å². The van der Waals surface area contributed by atoms with Crippen molar-refractivity contribution in [3.8, 4) is 11.5 Å². The van der Waals surface area contributed by atoms with Gasteiger partial charge in [-0.25, -0.2) is 0 Å². The molecule has 4 heteroatoms. The van der Waals surface area contributed by atoms with Crippen molar-refractivity contribution in [1.29, 1.82) is 0 Å². The van der Waals surface area contributed by atoms with Crippen LogP contribution < -0.4 is 15.2 Å². The highest BCUT2D eigenvalue weighted by Crippen LogP contribution is 2.40. The Balaban J connectivity index is 2.34. The van der Waals surface area contributed by atoms with E-state index in [1.807, 2.05) is 12.1 Å². The van der Waals surface area contributed by atoms with Crippen molar-refractivity contribution in [2.75, 3.05) is 6.79 Å². The van der Waals surface area contributed by atoms with Crippen LogP contribution in [0.1, 0.15) is 31.9 Å². The summed E-state index contributed by atoms with van der Waals surface area (Å²) in [4.78, 5) is 0. The number of hydrogen-bond donors (Lipinski definition) is 1. The topological polar surface area (TPSA) is 44.5 Å². The predicted molar refractivity (Wildman–Crippen MR) is 66.6 cm³/mol. The van der Waals surface area contributed by atoms with E-state index >= 15 is 0 Å². The molecule has 0 aliphatic carbocycles. The average Bonchev–Trinajstić information content (AvgIpc) is 2.72. The largest absolute Gasteiger partial charge is 0.454 e. The summed E-state index contributed by atoms with van der Waals surface area (Å²) in [6.45, 7) is 4.59. The summed E-state index contributed by atoms with van der Waals surface area (Å²) in [5.41, 5.74) is 7.30. The normalized spacial score (nSPS) is 17.2. The van der Waals surface area contributed by atoms with Gasteiger partial charge < -0.3 is 15.2 Å². The summed E-state index contributed by atoms with van der Waals surface area (Å²) in [5, 5.41) is 0. The van der Waals surface area contributed by atoms with E-state index in [2.05, 4.69) is 29.8 Å². The molecule has 2 atom stereocenters. The molecule has 0 aromatic heterocycles. The van der Waals surface area contributed by atoms with Crippen molar-refractivity contribution in [2.45, 2.75) is 26.3 Å². The molecule has 1 aliphatic heterocycles. The molecule has 2 rings (SSSR count). The van der Waals surface area contributed by atoms with Crippen molar-refractivity contribution < 1.29 is 9.47 Å². The molecule has 16 heavy (non-hydrogen) atoms. The molecule has 0 spiro atoms. The SMILES string of the molecule is CCC(C)[C@@H](N)c1cc2c(cc1Br)OCO2. The second-order valence-corrected chi connectivity index (χ2v) is 4.99. The Hall–Kier alpha value is -0.740. The average molecular weight is 286 g/mol. The fraction of sp³-hybridized carbons (Fsp3) is 0.500. The Morgan fingerprint density at radius 3 is 2.62 bits per heavy atom. The summed E-state index contributed by atoms with van der Waals surface area (Å²) in [6, 6.07) is 3.93. The molecule has 3 nitrogen and oxygen atoms in total. The van der Waals surface area contributed by atoms with Crippen molar-refractivity contribution in [3.63, 3.8) is 0 Å². The van der Waals surface area contributed by atoms with Crippen molar-refractivity contribution in [2.24, 2.45) is 11.7 Å². The van der Waals surface area contributed by atoms with E-state index < -0.39 is 0 Å². The molecule has 0 amide bonds. The van der Waals surface area contributed by atoms with Crippen LogP contribution in [0.2, 0.25) is 0 Å². The van der Waals surface area contributed by atoms with E-state index in [-0.39, 0.29) is 6.04 Å². The zero-order valence-corrected chi connectivity index (χ0v) is 11.1. The first-order valence-electron chi connectivity index (χ1n) is 5.48. The van der Waals surface area contributed by atoms with E-state index in [4.69, 9.17) is 15.2 Å². The van der Waals surface area contributed by atoms with Crippen LogP contribution >= 0.6 is 15.9 Å². The molecule has 0 bridgehead atoms. The molecule has 1 aromatic carbocycles. The van der Waals surface area contributed by atoms with Crippen LogP contribution in [0.3, 0.4) is 0 Å². The van der Waals surface area contributed by atoms with Gasteiger partial charge >= 0.3 is 0 Å².